The van der Waals surface area contributed by atoms with Crippen LogP contribution in [0.25, 0.3) is 0 Å². The molecule has 0 aliphatic carbocycles. The molecule has 0 saturated carbocycles. The number of imide groups is 1. The number of hydrogen-bond acceptors (Lipinski definition) is 4. The van der Waals surface area contributed by atoms with Crippen molar-refractivity contribution in [1.82, 2.24) is 5.01 Å². The van der Waals surface area contributed by atoms with Gasteiger partial charge in [0.1, 0.15) is 0 Å². The normalized spacial score (nSPS) is 17.1. The summed E-state index contributed by atoms with van der Waals surface area (Å²) in [5.41, 5.74) is 0.854. The van der Waals surface area contributed by atoms with E-state index in [4.69, 9.17) is 5.84 Å². The maximum absolute atomic E-state index is 11.3. The summed E-state index contributed by atoms with van der Waals surface area (Å²) in [5.74, 6) is 4.51. The lowest BCUT2D eigenvalue weighted by atomic mass is 10.2. The number of piperazine rings is 1. The van der Waals surface area contributed by atoms with E-state index in [-0.39, 0.29) is 24.9 Å². The number of carbonyl (C=O) groups excluding carboxylic acids is 2. The molecule has 1 fully saturated rings. The van der Waals surface area contributed by atoms with Gasteiger partial charge in [0.15, 0.2) is 0 Å². The molecule has 1 aromatic rings. The maximum atomic E-state index is 11.3. The van der Waals surface area contributed by atoms with Crippen LogP contribution in [0.3, 0.4) is 0 Å². The average molecular weight is 205 g/mol. The molecule has 1 heterocycles. The van der Waals surface area contributed by atoms with Gasteiger partial charge in [0.2, 0.25) is 0 Å². The summed E-state index contributed by atoms with van der Waals surface area (Å²) < 4.78 is 0. The number of anilines is 1. The number of rotatable bonds is 1. The van der Waals surface area contributed by atoms with Gasteiger partial charge in [-0.2, -0.15) is 0 Å². The Morgan fingerprint density at radius 2 is 1.53 bits per heavy atom. The summed E-state index contributed by atoms with van der Waals surface area (Å²) in [5, 5.41) is 0.680. The van der Waals surface area contributed by atoms with Crippen LogP contribution in [-0.2, 0) is 9.59 Å². The minimum absolute atomic E-state index is 0.145. The van der Waals surface area contributed by atoms with Gasteiger partial charge in [0.05, 0.1) is 13.1 Å². The molecule has 1 aliphatic heterocycles. The van der Waals surface area contributed by atoms with Gasteiger partial charge in [-0.15, -0.1) is 0 Å². The monoisotopic (exact) mass is 205 g/mol. The number of amides is 2. The third-order valence-electron chi connectivity index (χ3n) is 2.31. The summed E-state index contributed by atoms with van der Waals surface area (Å²) in [4.78, 5) is 24.4. The van der Waals surface area contributed by atoms with E-state index < -0.39 is 0 Å². The quantitative estimate of drug-likeness (QED) is 0.389. The van der Waals surface area contributed by atoms with E-state index in [0.29, 0.717) is 5.01 Å². The van der Waals surface area contributed by atoms with Crippen LogP contribution in [0.4, 0.5) is 5.69 Å². The van der Waals surface area contributed by atoms with Crippen LogP contribution in [0, 0.1) is 0 Å². The smallest absolute Gasteiger partial charge is 0.263 e. The molecule has 0 atom stereocenters. The van der Waals surface area contributed by atoms with E-state index in [1.807, 2.05) is 30.3 Å². The molecule has 2 rings (SSSR count). The van der Waals surface area contributed by atoms with Crippen LogP contribution < -0.4 is 10.7 Å². The zero-order valence-electron chi connectivity index (χ0n) is 8.09. The molecule has 5 nitrogen and oxygen atoms in total. The number of hydrogen-bond donors (Lipinski definition) is 1. The first-order valence-corrected chi connectivity index (χ1v) is 4.59. The third kappa shape index (κ3) is 1.82. The Labute approximate surface area is 87.0 Å². The van der Waals surface area contributed by atoms with E-state index in [2.05, 4.69) is 0 Å². The third-order valence-corrected chi connectivity index (χ3v) is 2.31. The molecule has 1 aromatic carbocycles. The highest BCUT2D eigenvalue weighted by molar-refractivity contribution is 6.02. The predicted octanol–water partition coefficient (Wildman–Crippen LogP) is -0.265. The SMILES string of the molecule is NN1C(=O)CN(c2ccccc2)CC1=O. The predicted molar refractivity (Wildman–Crippen MR) is 54.7 cm³/mol. The number of para-hydroxylation sites is 1. The first-order valence-electron chi connectivity index (χ1n) is 4.59. The van der Waals surface area contributed by atoms with E-state index in [0.717, 1.165) is 5.69 Å². The van der Waals surface area contributed by atoms with Gasteiger partial charge in [0.25, 0.3) is 11.8 Å². The van der Waals surface area contributed by atoms with Crippen molar-refractivity contribution < 1.29 is 9.59 Å². The van der Waals surface area contributed by atoms with E-state index >= 15 is 0 Å². The van der Waals surface area contributed by atoms with Crippen LogP contribution in [0.5, 0.6) is 0 Å². The van der Waals surface area contributed by atoms with Gasteiger partial charge < -0.3 is 4.90 Å². The Balaban J connectivity index is 2.20. The van der Waals surface area contributed by atoms with Crippen molar-refractivity contribution in [3.63, 3.8) is 0 Å². The zero-order chi connectivity index (χ0) is 10.8. The Kier molecular flexibility index (Phi) is 2.39. The van der Waals surface area contributed by atoms with Gasteiger partial charge in [-0.3, -0.25) is 9.59 Å². The molecular weight excluding hydrogens is 194 g/mol. The minimum atomic E-state index is -0.380. The second-order valence-corrected chi connectivity index (χ2v) is 3.35. The Morgan fingerprint density at radius 3 is 2.07 bits per heavy atom. The fraction of sp³-hybridized carbons (Fsp3) is 0.200. The van der Waals surface area contributed by atoms with E-state index in [9.17, 15) is 9.59 Å². The molecule has 78 valence electrons. The van der Waals surface area contributed by atoms with Crippen LogP contribution >= 0.6 is 0 Å². The van der Waals surface area contributed by atoms with Crippen molar-refractivity contribution in [2.75, 3.05) is 18.0 Å². The summed E-state index contributed by atoms with van der Waals surface area (Å²) in [7, 11) is 0. The zero-order valence-corrected chi connectivity index (χ0v) is 8.09. The molecular formula is C10H11N3O2. The molecule has 1 aliphatic rings. The standard InChI is InChI=1S/C10H11N3O2/c11-13-9(14)6-12(7-10(13)15)8-4-2-1-3-5-8/h1-5H,6-7,11H2. The molecule has 0 spiro atoms. The minimum Gasteiger partial charge on any atom is -0.353 e. The Bertz CT molecular complexity index is 373. The second kappa shape index (κ2) is 3.70. The van der Waals surface area contributed by atoms with Crippen LogP contribution in [0.1, 0.15) is 0 Å². The lowest BCUT2D eigenvalue weighted by Gasteiger charge is -2.31. The van der Waals surface area contributed by atoms with Crippen molar-refractivity contribution in [2.24, 2.45) is 5.84 Å². The van der Waals surface area contributed by atoms with Gasteiger partial charge in [-0.25, -0.2) is 10.9 Å². The van der Waals surface area contributed by atoms with E-state index in [1.54, 1.807) is 4.90 Å². The molecule has 0 radical (unpaired) electrons. The molecule has 1 saturated heterocycles. The topological polar surface area (TPSA) is 66.6 Å². The van der Waals surface area contributed by atoms with Gasteiger partial charge in [-0.05, 0) is 12.1 Å². The van der Waals surface area contributed by atoms with Crippen molar-refractivity contribution in [3.05, 3.63) is 30.3 Å². The number of carbonyl (C=O) groups is 2. The lowest BCUT2D eigenvalue weighted by molar-refractivity contribution is -0.145. The number of nitrogens with zero attached hydrogens (tertiary/aromatic N) is 2. The number of nitrogens with two attached hydrogens (primary N) is 1. The van der Waals surface area contributed by atoms with Crippen molar-refractivity contribution in [1.29, 1.82) is 0 Å². The van der Waals surface area contributed by atoms with Gasteiger partial charge in [0, 0.05) is 5.69 Å². The van der Waals surface area contributed by atoms with Crippen molar-refractivity contribution in [2.45, 2.75) is 0 Å². The van der Waals surface area contributed by atoms with Gasteiger partial charge in [-0.1, -0.05) is 18.2 Å². The fourth-order valence-electron chi connectivity index (χ4n) is 1.50. The fourth-order valence-corrected chi connectivity index (χ4v) is 1.50. The molecule has 0 unspecified atom stereocenters. The summed E-state index contributed by atoms with van der Waals surface area (Å²) in [6, 6.07) is 9.31. The van der Waals surface area contributed by atoms with Crippen LogP contribution in [0.2, 0.25) is 0 Å². The maximum Gasteiger partial charge on any atom is 0.263 e. The summed E-state index contributed by atoms with van der Waals surface area (Å²) in [6.45, 7) is 0.290. The Morgan fingerprint density at radius 1 is 1.00 bits per heavy atom. The highest BCUT2D eigenvalue weighted by Gasteiger charge is 2.28. The first kappa shape index (κ1) is 9.67. The van der Waals surface area contributed by atoms with Crippen LogP contribution in [0.15, 0.2) is 30.3 Å². The second-order valence-electron chi connectivity index (χ2n) is 3.35. The van der Waals surface area contributed by atoms with Crippen molar-refractivity contribution >= 4 is 17.5 Å². The van der Waals surface area contributed by atoms with Gasteiger partial charge >= 0.3 is 0 Å². The molecule has 2 N–H and O–H groups in total. The molecule has 2 amide bonds. The highest BCUT2D eigenvalue weighted by Crippen LogP contribution is 2.15. The van der Waals surface area contributed by atoms with Crippen LogP contribution in [-0.4, -0.2) is 29.9 Å². The largest absolute Gasteiger partial charge is 0.353 e. The first-order chi connectivity index (χ1) is 7.18. The average Bonchev–Trinajstić information content (AvgIpc) is 2.26. The summed E-state index contributed by atoms with van der Waals surface area (Å²) >= 11 is 0. The molecule has 5 heteroatoms. The Hall–Kier alpha value is -1.88. The molecule has 0 aromatic heterocycles. The molecule has 15 heavy (non-hydrogen) atoms. The number of benzene rings is 1. The van der Waals surface area contributed by atoms with Crippen molar-refractivity contribution in [3.8, 4) is 0 Å². The summed E-state index contributed by atoms with van der Waals surface area (Å²) in [6.07, 6.45) is 0. The molecule has 0 bridgehead atoms. The van der Waals surface area contributed by atoms with E-state index in [1.165, 1.54) is 0 Å². The highest BCUT2D eigenvalue weighted by atomic mass is 16.2. The number of hydrazine groups is 1. The lowest BCUT2D eigenvalue weighted by Crippen LogP contribution is -2.57.